The Balaban J connectivity index is 2.37. The third kappa shape index (κ3) is 4.80. The Morgan fingerprint density at radius 3 is 2.73 bits per heavy atom. The lowest BCUT2D eigenvalue weighted by Crippen LogP contribution is -2.28. The standard InChI is InChI=1S/C13H23NS/c1-4-7-14-10-12(11(2)3)9-13-6-5-8-15-13/h5-6,8,11-12,14H,4,7,9-10H2,1-3H3. The van der Waals surface area contributed by atoms with Crippen molar-refractivity contribution in [2.24, 2.45) is 11.8 Å². The van der Waals surface area contributed by atoms with E-state index in [2.05, 4.69) is 43.6 Å². The molecule has 86 valence electrons. The van der Waals surface area contributed by atoms with Crippen molar-refractivity contribution in [1.29, 1.82) is 0 Å². The predicted molar refractivity (Wildman–Crippen MR) is 69.5 cm³/mol. The topological polar surface area (TPSA) is 12.0 Å². The summed E-state index contributed by atoms with van der Waals surface area (Å²) >= 11 is 1.88. The van der Waals surface area contributed by atoms with Crippen LogP contribution in [0, 0.1) is 11.8 Å². The molecule has 15 heavy (non-hydrogen) atoms. The summed E-state index contributed by atoms with van der Waals surface area (Å²) in [4.78, 5) is 1.52. The molecule has 0 saturated heterocycles. The second kappa shape index (κ2) is 7.02. The molecule has 0 spiro atoms. The zero-order valence-electron chi connectivity index (χ0n) is 10.1. The van der Waals surface area contributed by atoms with E-state index >= 15 is 0 Å². The molecule has 1 heterocycles. The first kappa shape index (κ1) is 12.7. The van der Waals surface area contributed by atoms with Gasteiger partial charge in [0.15, 0.2) is 0 Å². The average Bonchev–Trinajstić information content (AvgIpc) is 2.69. The van der Waals surface area contributed by atoms with Crippen LogP contribution < -0.4 is 5.32 Å². The summed E-state index contributed by atoms with van der Waals surface area (Å²) in [5, 5.41) is 5.71. The Bertz CT molecular complexity index is 241. The number of hydrogen-bond acceptors (Lipinski definition) is 2. The van der Waals surface area contributed by atoms with Gasteiger partial charge in [-0.1, -0.05) is 26.8 Å². The van der Waals surface area contributed by atoms with Crippen LogP contribution in [-0.2, 0) is 6.42 Å². The van der Waals surface area contributed by atoms with Gasteiger partial charge in [0.2, 0.25) is 0 Å². The quantitative estimate of drug-likeness (QED) is 0.700. The lowest BCUT2D eigenvalue weighted by atomic mass is 9.92. The zero-order chi connectivity index (χ0) is 11.1. The Kier molecular flexibility index (Phi) is 5.96. The van der Waals surface area contributed by atoms with E-state index in [0.29, 0.717) is 0 Å². The van der Waals surface area contributed by atoms with E-state index in [1.807, 2.05) is 11.3 Å². The fourth-order valence-corrected chi connectivity index (χ4v) is 2.49. The van der Waals surface area contributed by atoms with Crippen molar-refractivity contribution in [3.8, 4) is 0 Å². The Labute approximate surface area is 97.9 Å². The van der Waals surface area contributed by atoms with Crippen molar-refractivity contribution in [2.45, 2.75) is 33.6 Å². The normalized spacial score (nSPS) is 13.3. The molecule has 1 rings (SSSR count). The SMILES string of the molecule is CCCNCC(Cc1cccs1)C(C)C. The first-order chi connectivity index (χ1) is 7.24. The minimum absolute atomic E-state index is 0.761. The molecule has 0 saturated carbocycles. The Hall–Kier alpha value is -0.340. The van der Waals surface area contributed by atoms with Crippen LogP contribution in [0.15, 0.2) is 17.5 Å². The van der Waals surface area contributed by atoms with Crippen LogP contribution >= 0.6 is 11.3 Å². The monoisotopic (exact) mass is 225 g/mol. The zero-order valence-corrected chi connectivity index (χ0v) is 10.9. The van der Waals surface area contributed by atoms with Crippen LogP contribution in [0.5, 0.6) is 0 Å². The maximum Gasteiger partial charge on any atom is 0.00485 e. The fraction of sp³-hybridized carbons (Fsp3) is 0.692. The highest BCUT2D eigenvalue weighted by molar-refractivity contribution is 7.09. The van der Waals surface area contributed by atoms with E-state index in [1.165, 1.54) is 17.7 Å². The molecule has 0 aliphatic carbocycles. The van der Waals surface area contributed by atoms with E-state index < -0.39 is 0 Å². The highest BCUT2D eigenvalue weighted by Gasteiger charge is 2.13. The molecule has 0 bridgehead atoms. The van der Waals surface area contributed by atoms with Crippen LogP contribution in [-0.4, -0.2) is 13.1 Å². The van der Waals surface area contributed by atoms with Gasteiger partial charge < -0.3 is 5.32 Å². The molecule has 2 heteroatoms. The summed E-state index contributed by atoms with van der Waals surface area (Å²) in [7, 11) is 0. The van der Waals surface area contributed by atoms with Crippen molar-refractivity contribution < 1.29 is 0 Å². The smallest absolute Gasteiger partial charge is 0.00485 e. The van der Waals surface area contributed by atoms with Crippen LogP contribution in [0.4, 0.5) is 0 Å². The minimum atomic E-state index is 0.761. The van der Waals surface area contributed by atoms with Crippen LogP contribution in [0.2, 0.25) is 0 Å². The maximum absolute atomic E-state index is 3.53. The van der Waals surface area contributed by atoms with Crippen molar-refractivity contribution in [1.82, 2.24) is 5.32 Å². The maximum atomic E-state index is 3.53. The van der Waals surface area contributed by atoms with Gasteiger partial charge in [-0.2, -0.15) is 0 Å². The molecule has 0 radical (unpaired) electrons. The lowest BCUT2D eigenvalue weighted by Gasteiger charge is -2.20. The van der Waals surface area contributed by atoms with Gasteiger partial charge in [-0.15, -0.1) is 11.3 Å². The molecule has 1 unspecified atom stereocenters. The molecule has 1 aromatic rings. The summed E-state index contributed by atoms with van der Waals surface area (Å²) < 4.78 is 0. The Morgan fingerprint density at radius 2 is 2.20 bits per heavy atom. The first-order valence-electron chi connectivity index (χ1n) is 5.97. The first-order valence-corrected chi connectivity index (χ1v) is 6.85. The molecule has 0 amide bonds. The van der Waals surface area contributed by atoms with Gasteiger partial charge in [0.1, 0.15) is 0 Å². The summed E-state index contributed by atoms with van der Waals surface area (Å²) in [5.74, 6) is 1.53. The average molecular weight is 225 g/mol. The second-order valence-corrected chi connectivity index (χ2v) is 5.52. The number of hydrogen-bond donors (Lipinski definition) is 1. The van der Waals surface area contributed by atoms with E-state index in [0.717, 1.165) is 24.9 Å². The summed E-state index contributed by atoms with van der Waals surface area (Å²) in [6, 6.07) is 4.40. The van der Waals surface area contributed by atoms with Gasteiger partial charge in [-0.25, -0.2) is 0 Å². The highest BCUT2D eigenvalue weighted by atomic mass is 32.1. The van der Waals surface area contributed by atoms with E-state index in [9.17, 15) is 0 Å². The molecule has 1 N–H and O–H groups in total. The third-order valence-corrected chi connectivity index (χ3v) is 3.72. The molecule has 1 atom stereocenters. The van der Waals surface area contributed by atoms with E-state index in [4.69, 9.17) is 0 Å². The van der Waals surface area contributed by atoms with Crippen molar-refractivity contribution in [2.75, 3.05) is 13.1 Å². The molecular formula is C13H23NS. The van der Waals surface area contributed by atoms with Crippen LogP contribution in [0.25, 0.3) is 0 Å². The van der Waals surface area contributed by atoms with Crippen molar-refractivity contribution >= 4 is 11.3 Å². The predicted octanol–water partition coefficient (Wildman–Crippen LogP) is 3.56. The van der Waals surface area contributed by atoms with E-state index in [1.54, 1.807) is 0 Å². The van der Waals surface area contributed by atoms with Crippen molar-refractivity contribution in [3.05, 3.63) is 22.4 Å². The Morgan fingerprint density at radius 1 is 1.40 bits per heavy atom. The molecular weight excluding hydrogens is 202 g/mol. The molecule has 1 aromatic heterocycles. The molecule has 0 aliphatic heterocycles. The van der Waals surface area contributed by atoms with Crippen molar-refractivity contribution in [3.63, 3.8) is 0 Å². The van der Waals surface area contributed by atoms with Crippen LogP contribution in [0.1, 0.15) is 32.1 Å². The summed E-state index contributed by atoms with van der Waals surface area (Å²) in [6.45, 7) is 9.17. The summed E-state index contributed by atoms with van der Waals surface area (Å²) in [6.07, 6.45) is 2.45. The largest absolute Gasteiger partial charge is 0.316 e. The van der Waals surface area contributed by atoms with Gasteiger partial charge in [0.25, 0.3) is 0 Å². The van der Waals surface area contributed by atoms with Gasteiger partial charge in [-0.05, 0) is 49.2 Å². The van der Waals surface area contributed by atoms with Crippen LogP contribution in [0.3, 0.4) is 0 Å². The summed E-state index contributed by atoms with van der Waals surface area (Å²) in [5.41, 5.74) is 0. The molecule has 0 aromatic carbocycles. The van der Waals surface area contributed by atoms with Gasteiger partial charge >= 0.3 is 0 Å². The second-order valence-electron chi connectivity index (χ2n) is 4.49. The highest BCUT2D eigenvalue weighted by Crippen LogP contribution is 2.19. The number of nitrogens with one attached hydrogen (secondary N) is 1. The number of thiophene rings is 1. The molecule has 0 aliphatic rings. The molecule has 0 fully saturated rings. The number of rotatable bonds is 7. The third-order valence-electron chi connectivity index (χ3n) is 2.82. The minimum Gasteiger partial charge on any atom is -0.316 e. The molecule has 1 nitrogen and oxygen atoms in total. The van der Waals surface area contributed by atoms with E-state index in [-0.39, 0.29) is 0 Å². The van der Waals surface area contributed by atoms with Gasteiger partial charge in [0, 0.05) is 4.88 Å². The van der Waals surface area contributed by atoms with Gasteiger partial charge in [-0.3, -0.25) is 0 Å². The fourth-order valence-electron chi connectivity index (χ4n) is 1.69. The lowest BCUT2D eigenvalue weighted by molar-refractivity contribution is 0.363. The van der Waals surface area contributed by atoms with Gasteiger partial charge in [0.05, 0.1) is 0 Å².